The van der Waals surface area contributed by atoms with E-state index in [4.69, 9.17) is 4.74 Å². The predicted octanol–water partition coefficient (Wildman–Crippen LogP) is 0.212. The Hall–Kier alpha value is -0.160. The molecule has 2 fully saturated rings. The van der Waals surface area contributed by atoms with Crippen LogP contribution in [-0.2, 0) is 4.74 Å². The lowest BCUT2D eigenvalue weighted by Gasteiger charge is -2.31. The molecule has 0 radical (unpaired) electrons. The average molecular weight is 228 g/mol. The molecular weight excluding hydrogens is 204 g/mol. The Labute approximate surface area is 98.0 Å². The molecule has 2 N–H and O–H groups in total. The SMILES string of the molecule is O[C@H]1CCCC[C@@H]1NCCN1CCOCC1. The molecular formula is C12H24N2O2. The van der Waals surface area contributed by atoms with Gasteiger partial charge in [0.05, 0.1) is 19.3 Å². The maximum absolute atomic E-state index is 9.81. The van der Waals surface area contributed by atoms with Crippen LogP contribution in [0.5, 0.6) is 0 Å². The summed E-state index contributed by atoms with van der Waals surface area (Å²) >= 11 is 0. The molecule has 0 unspecified atom stereocenters. The van der Waals surface area contributed by atoms with Crippen molar-refractivity contribution in [1.82, 2.24) is 10.2 Å². The number of aliphatic hydroxyl groups is 1. The van der Waals surface area contributed by atoms with E-state index in [2.05, 4.69) is 10.2 Å². The molecule has 0 aromatic heterocycles. The zero-order valence-corrected chi connectivity index (χ0v) is 10.0. The lowest BCUT2D eigenvalue weighted by atomic mass is 9.93. The highest BCUT2D eigenvalue weighted by atomic mass is 16.5. The molecule has 2 rings (SSSR count). The number of rotatable bonds is 4. The molecule has 0 bridgehead atoms. The fraction of sp³-hybridized carbons (Fsp3) is 1.00. The van der Waals surface area contributed by atoms with E-state index >= 15 is 0 Å². The van der Waals surface area contributed by atoms with Gasteiger partial charge in [-0.15, -0.1) is 0 Å². The number of hydrogen-bond acceptors (Lipinski definition) is 4. The van der Waals surface area contributed by atoms with Crippen molar-refractivity contribution in [1.29, 1.82) is 0 Å². The van der Waals surface area contributed by atoms with Crippen molar-refractivity contribution in [2.24, 2.45) is 0 Å². The minimum absolute atomic E-state index is 0.126. The standard InChI is InChI=1S/C12H24N2O2/c15-12-4-2-1-3-11(12)13-5-6-14-7-9-16-10-8-14/h11-13,15H,1-10H2/t11-,12-/m0/s1. The second-order valence-corrected chi connectivity index (χ2v) is 4.87. The average Bonchev–Trinajstić information content (AvgIpc) is 2.33. The van der Waals surface area contributed by atoms with E-state index in [1.165, 1.54) is 12.8 Å². The number of ether oxygens (including phenoxy) is 1. The third-order valence-electron chi connectivity index (χ3n) is 3.67. The van der Waals surface area contributed by atoms with Crippen molar-refractivity contribution in [3.8, 4) is 0 Å². The van der Waals surface area contributed by atoms with E-state index in [0.29, 0.717) is 6.04 Å². The van der Waals surface area contributed by atoms with Gasteiger partial charge in [0.25, 0.3) is 0 Å². The first kappa shape index (κ1) is 12.3. The van der Waals surface area contributed by atoms with Crippen LogP contribution < -0.4 is 5.32 Å². The van der Waals surface area contributed by atoms with Gasteiger partial charge in [-0.1, -0.05) is 12.8 Å². The van der Waals surface area contributed by atoms with Crippen molar-refractivity contribution < 1.29 is 9.84 Å². The van der Waals surface area contributed by atoms with Gasteiger partial charge in [0.2, 0.25) is 0 Å². The molecule has 0 amide bonds. The minimum atomic E-state index is -0.126. The van der Waals surface area contributed by atoms with Crippen molar-refractivity contribution in [2.75, 3.05) is 39.4 Å². The summed E-state index contributed by atoms with van der Waals surface area (Å²) < 4.78 is 5.31. The summed E-state index contributed by atoms with van der Waals surface area (Å²) in [6.45, 7) is 5.90. The zero-order chi connectivity index (χ0) is 11.2. The lowest BCUT2D eigenvalue weighted by Crippen LogP contribution is -2.46. The Bertz CT molecular complexity index is 195. The largest absolute Gasteiger partial charge is 0.392 e. The van der Waals surface area contributed by atoms with E-state index in [0.717, 1.165) is 52.2 Å². The summed E-state index contributed by atoms with van der Waals surface area (Å²) in [5, 5.41) is 13.3. The number of nitrogens with zero attached hydrogens (tertiary/aromatic N) is 1. The summed E-state index contributed by atoms with van der Waals surface area (Å²) in [5.41, 5.74) is 0. The van der Waals surface area contributed by atoms with E-state index in [1.54, 1.807) is 0 Å². The van der Waals surface area contributed by atoms with Crippen molar-refractivity contribution >= 4 is 0 Å². The van der Waals surface area contributed by atoms with E-state index < -0.39 is 0 Å². The first-order valence-electron chi connectivity index (χ1n) is 6.58. The topological polar surface area (TPSA) is 44.7 Å². The number of aliphatic hydroxyl groups excluding tert-OH is 1. The predicted molar refractivity (Wildman–Crippen MR) is 63.5 cm³/mol. The van der Waals surface area contributed by atoms with E-state index in [9.17, 15) is 5.11 Å². The molecule has 1 aliphatic carbocycles. The Morgan fingerprint density at radius 2 is 1.94 bits per heavy atom. The van der Waals surface area contributed by atoms with Crippen LogP contribution in [0, 0.1) is 0 Å². The summed E-state index contributed by atoms with van der Waals surface area (Å²) in [4.78, 5) is 2.42. The van der Waals surface area contributed by atoms with Crippen LogP contribution in [0.4, 0.5) is 0 Å². The molecule has 2 atom stereocenters. The smallest absolute Gasteiger partial charge is 0.0693 e. The fourth-order valence-electron chi connectivity index (χ4n) is 2.58. The van der Waals surface area contributed by atoms with Gasteiger partial charge in [-0.25, -0.2) is 0 Å². The van der Waals surface area contributed by atoms with Crippen molar-refractivity contribution in [3.05, 3.63) is 0 Å². The van der Waals surface area contributed by atoms with E-state index in [1.807, 2.05) is 0 Å². The minimum Gasteiger partial charge on any atom is -0.392 e. The second-order valence-electron chi connectivity index (χ2n) is 4.87. The van der Waals surface area contributed by atoms with Gasteiger partial charge in [-0.3, -0.25) is 4.90 Å². The normalized spacial score (nSPS) is 32.8. The van der Waals surface area contributed by atoms with Gasteiger partial charge >= 0.3 is 0 Å². The van der Waals surface area contributed by atoms with Gasteiger partial charge in [0, 0.05) is 32.2 Å². The van der Waals surface area contributed by atoms with Gasteiger partial charge in [-0.2, -0.15) is 0 Å². The van der Waals surface area contributed by atoms with Crippen LogP contribution in [0.25, 0.3) is 0 Å². The van der Waals surface area contributed by atoms with Crippen LogP contribution in [0.15, 0.2) is 0 Å². The monoisotopic (exact) mass is 228 g/mol. The summed E-state index contributed by atoms with van der Waals surface area (Å²) in [5.74, 6) is 0. The van der Waals surface area contributed by atoms with Crippen molar-refractivity contribution in [2.45, 2.75) is 37.8 Å². The highest BCUT2D eigenvalue weighted by Crippen LogP contribution is 2.17. The molecule has 1 heterocycles. The van der Waals surface area contributed by atoms with Crippen molar-refractivity contribution in [3.63, 3.8) is 0 Å². The Kier molecular flexibility index (Phi) is 5.03. The van der Waals surface area contributed by atoms with Gasteiger partial charge in [-0.05, 0) is 12.8 Å². The molecule has 4 nitrogen and oxygen atoms in total. The number of nitrogens with one attached hydrogen (secondary N) is 1. The molecule has 0 aromatic carbocycles. The van der Waals surface area contributed by atoms with Crippen LogP contribution >= 0.6 is 0 Å². The van der Waals surface area contributed by atoms with Crippen LogP contribution in [0.2, 0.25) is 0 Å². The second kappa shape index (κ2) is 6.55. The molecule has 0 spiro atoms. The van der Waals surface area contributed by atoms with E-state index in [-0.39, 0.29) is 6.10 Å². The lowest BCUT2D eigenvalue weighted by molar-refractivity contribution is 0.0358. The summed E-state index contributed by atoms with van der Waals surface area (Å²) in [7, 11) is 0. The van der Waals surface area contributed by atoms with Crippen LogP contribution in [-0.4, -0.2) is 61.5 Å². The van der Waals surface area contributed by atoms with Gasteiger partial charge in [0.15, 0.2) is 0 Å². The quantitative estimate of drug-likeness (QED) is 0.722. The molecule has 1 saturated carbocycles. The number of hydrogen-bond donors (Lipinski definition) is 2. The first-order valence-corrected chi connectivity index (χ1v) is 6.58. The molecule has 4 heteroatoms. The summed E-state index contributed by atoms with van der Waals surface area (Å²) in [6, 6.07) is 0.329. The maximum atomic E-state index is 9.81. The molecule has 94 valence electrons. The molecule has 2 aliphatic rings. The van der Waals surface area contributed by atoms with Crippen LogP contribution in [0.3, 0.4) is 0 Å². The molecule has 1 aliphatic heterocycles. The number of morpholine rings is 1. The first-order chi connectivity index (χ1) is 7.86. The van der Waals surface area contributed by atoms with Gasteiger partial charge < -0.3 is 15.2 Å². The highest BCUT2D eigenvalue weighted by molar-refractivity contribution is 4.80. The molecule has 16 heavy (non-hydrogen) atoms. The van der Waals surface area contributed by atoms with Gasteiger partial charge in [0.1, 0.15) is 0 Å². The molecule has 0 aromatic rings. The Morgan fingerprint density at radius 1 is 1.19 bits per heavy atom. The van der Waals surface area contributed by atoms with Crippen LogP contribution in [0.1, 0.15) is 25.7 Å². The molecule has 1 saturated heterocycles. The highest BCUT2D eigenvalue weighted by Gasteiger charge is 2.22. The zero-order valence-electron chi connectivity index (χ0n) is 10.0. The Morgan fingerprint density at radius 3 is 2.69 bits per heavy atom. The third-order valence-corrected chi connectivity index (χ3v) is 3.67. The summed E-state index contributed by atoms with van der Waals surface area (Å²) in [6.07, 6.45) is 4.41. The third kappa shape index (κ3) is 3.70. The Balaban J connectivity index is 1.59. The maximum Gasteiger partial charge on any atom is 0.0693 e. The fourth-order valence-corrected chi connectivity index (χ4v) is 2.58.